The molecule has 6 nitrogen and oxygen atoms in total. The van der Waals surface area contributed by atoms with Crippen molar-refractivity contribution in [3.8, 4) is 5.75 Å². The minimum Gasteiger partial charge on any atom is -0.496 e. The van der Waals surface area contributed by atoms with Gasteiger partial charge < -0.3 is 4.74 Å². The Morgan fingerprint density at radius 1 is 1.15 bits per heavy atom. The molecule has 0 saturated heterocycles. The normalized spacial score (nSPS) is 10.9. The van der Waals surface area contributed by atoms with Gasteiger partial charge in [0.05, 0.1) is 28.2 Å². The number of amides is 1. The molecule has 0 aliphatic heterocycles. The number of nitrogens with one attached hydrogen (secondary N) is 1. The fraction of sp³-hybridized carbons (Fsp3) is 0.111. The van der Waals surface area contributed by atoms with E-state index in [9.17, 15) is 4.79 Å². The third-order valence-electron chi connectivity index (χ3n) is 3.74. The summed E-state index contributed by atoms with van der Waals surface area (Å²) in [5.74, 6) is 0.418. The molecule has 4 rings (SSSR count). The zero-order valence-electron chi connectivity index (χ0n) is 14.1. The standard InChI is InChI=1S/C18H13BrN4O2S2/c1-25-13-7-6-10(8-11(13)19)17(24)21-18-23-22-16(27-18)9-15-20-12-4-2-3-5-14(12)26-15/h2-8H,9H2,1H3,(H,21,23,24). The first kappa shape index (κ1) is 18.0. The summed E-state index contributed by atoms with van der Waals surface area (Å²) < 4.78 is 7.04. The van der Waals surface area contributed by atoms with Crippen molar-refractivity contribution in [3.63, 3.8) is 0 Å². The van der Waals surface area contributed by atoms with Gasteiger partial charge in [-0.1, -0.05) is 23.5 Å². The Labute approximate surface area is 171 Å². The Balaban J connectivity index is 1.46. The van der Waals surface area contributed by atoms with Gasteiger partial charge in [-0.25, -0.2) is 4.98 Å². The lowest BCUT2D eigenvalue weighted by molar-refractivity contribution is 0.102. The minimum absolute atomic E-state index is 0.249. The molecule has 0 radical (unpaired) electrons. The lowest BCUT2D eigenvalue weighted by atomic mass is 10.2. The molecule has 0 atom stereocenters. The van der Waals surface area contributed by atoms with Crippen LogP contribution in [0.3, 0.4) is 0 Å². The van der Waals surface area contributed by atoms with Crippen molar-refractivity contribution in [1.29, 1.82) is 0 Å². The van der Waals surface area contributed by atoms with Crippen LogP contribution in [0.25, 0.3) is 10.2 Å². The van der Waals surface area contributed by atoms with Gasteiger partial charge in [0.15, 0.2) is 0 Å². The lowest BCUT2D eigenvalue weighted by Crippen LogP contribution is -2.11. The molecule has 0 aliphatic rings. The number of benzene rings is 2. The third-order valence-corrected chi connectivity index (χ3v) is 6.24. The molecule has 0 spiro atoms. The number of hydrogen-bond donors (Lipinski definition) is 1. The number of nitrogens with zero attached hydrogens (tertiary/aromatic N) is 3. The molecule has 2 heterocycles. The molecule has 4 aromatic rings. The van der Waals surface area contributed by atoms with Crippen molar-refractivity contribution in [2.24, 2.45) is 0 Å². The number of para-hydroxylation sites is 1. The summed E-state index contributed by atoms with van der Waals surface area (Å²) in [7, 11) is 1.58. The molecule has 0 aliphatic carbocycles. The van der Waals surface area contributed by atoms with Crippen LogP contribution in [0.4, 0.5) is 5.13 Å². The van der Waals surface area contributed by atoms with Crippen molar-refractivity contribution in [1.82, 2.24) is 15.2 Å². The van der Waals surface area contributed by atoms with E-state index in [2.05, 4.69) is 42.5 Å². The smallest absolute Gasteiger partial charge is 0.257 e. The van der Waals surface area contributed by atoms with E-state index in [0.29, 0.717) is 27.3 Å². The van der Waals surface area contributed by atoms with Crippen LogP contribution >= 0.6 is 38.6 Å². The van der Waals surface area contributed by atoms with E-state index in [4.69, 9.17) is 4.74 Å². The van der Waals surface area contributed by atoms with E-state index in [1.807, 2.05) is 18.2 Å². The topological polar surface area (TPSA) is 77.0 Å². The Morgan fingerprint density at radius 2 is 2.00 bits per heavy atom. The monoisotopic (exact) mass is 460 g/mol. The number of thiazole rings is 1. The van der Waals surface area contributed by atoms with E-state index in [0.717, 1.165) is 20.2 Å². The van der Waals surface area contributed by atoms with Crippen molar-refractivity contribution < 1.29 is 9.53 Å². The first-order chi connectivity index (χ1) is 13.1. The van der Waals surface area contributed by atoms with Crippen LogP contribution in [0.1, 0.15) is 20.4 Å². The Bertz CT molecular complexity index is 1090. The predicted octanol–water partition coefficient (Wildman–Crippen LogP) is 4.76. The Morgan fingerprint density at radius 3 is 2.78 bits per heavy atom. The second-order valence-electron chi connectivity index (χ2n) is 5.56. The maximum atomic E-state index is 12.4. The quantitative estimate of drug-likeness (QED) is 0.464. The number of fused-ring (bicyclic) bond motifs is 1. The number of hydrogen-bond acceptors (Lipinski definition) is 7. The number of aromatic nitrogens is 3. The molecule has 1 N–H and O–H groups in total. The van der Waals surface area contributed by atoms with E-state index in [-0.39, 0.29) is 5.91 Å². The summed E-state index contributed by atoms with van der Waals surface area (Å²) in [6.45, 7) is 0. The number of methoxy groups -OCH3 is 1. The van der Waals surface area contributed by atoms with Gasteiger partial charge in [-0.3, -0.25) is 10.1 Å². The average molecular weight is 461 g/mol. The number of rotatable bonds is 5. The number of carbonyl (C=O) groups excluding carboxylic acids is 1. The number of carbonyl (C=O) groups is 1. The molecule has 136 valence electrons. The van der Waals surface area contributed by atoms with Gasteiger partial charge >= 0.3 is 0 Å². The molecule has 27 heavy (non-hydrogen) atoms. The Kier molecular flexibility index (Phi) is 5.15. The van der Waals surface area contributed by atoms with Gasteiger partial charge in [-0.15, -0.1) is 21.5 Å². The number of anilines is 1. The van der Waals surface area contributed by atoms with Crippen LogP contribution in [-0.2, 0) is 6.42 Å². The first-order valence-corrected chi connectivity index (χ1v) is 10.4. The highest BCUT2D eigenvalue weighted by Gasteiger charge is 2.13. The van der Waals surface area contributed by atoms with Crippen LogP contribution in [0.15, 0.2) is 46.9 Å². The second-order valence-corrected chi connectivity index (χ2v) is 8.59. The molecule has 1 amide bonds. The predicted molar refractivity (Wildman–Crippen MR) is 111 cm³/mol. The minimum atomic E-state index is -0.249. The molecular formula is C18H13BrN4O2S2. The molecule has 0 unspecified atom stereocenters. The summed E-state index contributed by atoms with van der Waals surface area (Å²) in [5, 5.41) is 13.3. The molecule has 0 bridgehead atoms. The van der Waals surface area contributed by atoms with Gasteiger partial charge in [-0.2, -0.15) is 0 Å². The first-order valence-electron chi connectivity index (χ1n) is 7.94. The van der Waals surface area contributed by atoms with Gasteiger partial charge in [0, 0.05) is 5.56 Å². The number of halogens is 1. The zero-order valence-corrected chi connectivity index (χ0v) is 17.3. The second kappa shape index (κ2) is 7.71. The van der Waals surface area contributed by atoms with Crippen LogP contribution in [0.5, 0.6) is 5.75 Å². The van der Waals surface area contributed by atoms with Gasteiger partial charge in [0.2, 0.25) is 5.13 Å². The molecule has 2 aromatic heterocycles. The van der Waals surface area contributed by atoms with Gasteiger partial charge in [0.25, 0.3) is 5.91 Å². The molecular weight excluding hydrogens is 448 g/mol. The third kappa shape index (κ3) is 4.00. The molecule has 0 fully saturated rings. The van der Waals surface area contributed by atoms with E-state index in [1.165, 1.54) is 11.3 Å². The summed E-state index contributed by atoms with van der Waals surface area (Å²) in [4.78, 5) is 17.0. The van der Waals surface area contributed by atoms with Crippen LogP contribution in [-0.4, -0.2) is 28.2 Å². The van der Waals surface area contributed by atoms with E-state index in [1.54, 1.807) is 36.6 Å². The summed E-state index contributed by atoms with van der Waals surface area (Å²) in [6.07, 6.45) is 0.598. The van der Waals surface area contributed by atoms with Crippen molar-refractivity contribution in [2.45, 2.75) is 6.42 Å². The van der Waals surface area contributed by atoms with Crippen molar-refractivity contribution >= 4 is 59.9 Å². The van der Waals surface area contributed by atoms with Crippen LogP contribution < -0.4 is 10.1 Å². The average Bonchev–Trinajstić information content (AvgIpc) is 3.27. The molecule has 9 heteroatoms. The lowest BCUT2D eigenvalue weighted by Gasteiger charge is -2.05. The summed E-state index contributed by atoms with van der Waals surface area (Å²) >= 11 is 6.37. The van der Waals surface area contributed by atoms with E-state index < -0.39 is 0 Å². The highest BCUT2D eigenvalue weighted by molar-refractivity contribution is 9.10. The van der Waals surface area contributed by atoms with Crippen LogP contribution in [0.2, 0.25) is 0 Å². The van der Waals surface area contributed by atoms with Crippen molar-refractivity contribution in [2.75, 3.05) is 12.4 Å². The fourth-order valence-corrected chi connectivity index (χ4v) is 4.82. The maximum Gasteiger partial charge on any atom is 0.257 e. The molecule has 0 saturated carbocycles. The highest BCUT2D eigenvalue weighted by atomic mass is 79.9. The van der Waals surface area contributed by atoms with Gasteiger partial charge in [0.1, 0.15) is 15.8 Å². The van der Waals surface area contributed by atoms with E-state index >= 15 is 0 Å². The highest BCUT2D eigenvalue weighted by Crippen LogP contribution is 2.27. The zero-order chi connectivity index (χ0) is 18.8. The molecule has 2 aromatic carbocycles. The number of ether oxygens (including phenoxy) is 1. The van der Waals surface area contributed by atoms with Crippen molar-refractivity contribution in [3.05, 3.63) is 62.5 Å². The van der Waals surface area contributed by atoms with Crippen LogP contribution in [0, 0.1) is 0 Å². The summed E-state index contributed by atoms with van der Waals surface area (Å²) in [6, 6.07) is 13.2. The fourth-order valence-electron chi connectivity index (χ4n) is 2.48. The largest absolute Gasteiger partial charge is 0.496 e. The SMILES string of the molecule is COc1ccc(C(=O)Nc2nnc(Cc3nc4ccccc4s3)s2)cc1Br. The maximum absolute atomic E-state index is 12.4. The van der Waals surface area contributed by atoms with Gasteiger partial charge in [-0.05, 0) is 46.3 Å². The Hall–Kier alpha value is -2.36. The summed E-state index contributed by atoms with van der Waals surface area (Å²) in [5.41, 5.74) is 1.49.